The fourth-order valence-electron chi connectivity index (χ4n) is 0. The third-order valence-electron chi connectivity index (χ3n) is 0. The second kappa shape index (κ2) is 5.48. The average molecular weight is 334 g/mol. The normalized spacial score (nSPS) is 8.29. The summed E-state index contributed by atoms with van der Waals surface area (Å²) in [7, 11) is -4.67. The van der Waals surface area contributed by atoms with Crippen LogP contribution in [0.15, 0.2) is 0 Å². The van der Waals surface area contributed by atoms with Crippen molar-refractivity contribution in [2.45, 2.75) is 0 Å². The molecule has 0 heterocycles. The van der Waals surface area contributed by atoms with Crippen LogP contribution in [-0.4, -0.2) is 17.5 Å². The first-order valence-electron chi connectivity index (χ1n) is 0.698. The number of halogens is 1. The first-order chi connectivity index (χ1) is 2.00. The van der Waals surface area contributed by atoms with Crippen molar-refractivity contribution in [1.82, 2.24) is 0 Å². The van der Waals surface area contributed by atoms with Gasteiger partial charge in [-0.1, -0.05) is 0 Å². The molecule has 0 aliphatic carbocycles. The van der Waals surface area contributed by atoms with Gasteiger partial charge in [-0.3, -0.25) is 9.11 Å². The van der Waals surface area contributed by atoms with Crippen LogP contribution in [0.2, 0.25) is 0 Å². The molecule has 0 aliphatic heterocycles. The van der Waals surface area contributed by atoms with Crippen molar-refractivity contribution < 1.29 is 39.9 Å². The quantitative estimate of drug-likeness (QED) is 0.371. The number of hydrogen-bond acceptors (Lipinski definition) is 2. The molecular formula is H3AgIO4S. The molecule has 0 amide bonds. The Labute approximate surface area is 73.8 Å². The van der Waals surface area contributed by atoms with E-state index in [2.05, 4.69) is 0 Å². The molecule has 1 radical (unpaired) electrons. The molecule has 0 rings (SSSR count). The molecule has 0 aliphatic rings. The minimum atomic E-state index is -4.67. The molecule has 0 unspecified atom stereocenters. The van der Waals surface area contributed by atoms with Crippen LogP contribution >= 0.6 is 24.0 Å². The van der Waals surface area contributed by atoms with Crippen molar-refractivity contribution in [2.75, 3.05) is 0 Å². The van der Waals surface area contributed by atoms with Gasteiger partial charge in [-0.2, -0.15) is 8.42 Å². The zero-order valence-corrected chi connectivity index (χ0v) is 7.46. The third kappa shape index (κ3) is 117. The van der Waals surface area contributed by atoms with E-state index in [9.17, 15) is 0 Å². The van der Waals surface area contributed by atoms with Gasteiger partial charge in [0.2, 0.25) is 0 Å². The van der Waals surface area contributed by atoms with Crippen LogP contribution in [-0.2, 0) is 32.8 Å². The molecule has 0 bridgehead atoms. The van der Waals surface area contributed by atoms with Crippen LogP contribution in [0.25, 0.3) is 0 Å². The maximum absolute atomic E-state index is 8.74. The molecule has 0 fully saturated rings. The Kier molecular flexibility index (Phi) is 12.3. The molecule has 0 atom stereocenters. The average Bonchev–Trinajstić information content (AvgIpc) is 0.722. The van der Waals surface area contributed by atoms with E-state index < -0.39 is 10.4 Å². The summed E-state index contributed by atoms with van der Waals surface area (Å²) in [5.74, 6) is 0. The van der Waals surface area contributed by atoms with Gasteiger partial charge in [-0.25, -0.2) is 0 Å². The predicted octanol–water partition coefficient (Wildman–Crippen LogP) is -0.0373. The van der Waals surface area contributed by atoms with Gasteiger partial charge in [0.15, 0.2) is 0 Å². The first-order valence-corrected chi connectivity index (χ1v) is 2.10. The van der Waals surface area contributed by atoms with Crippen LogP contribution in [0.5, 0.6) is 0 Å². The van der Waals surface area contributed by atoms with E-state index in [0.29, 0.717) is 0 Å². The van der Waals surface area contributed by atoms with E-state index in [1.54, 1.807) is 0 Å². The fourth-order valence-corrected chi connectivity index (χ4v) is 0. The molecular weight excluding hydrogens is 331 g/mol. The first kappa shape index (κ1) is 15.8. The van der Waals surface area contributed by atoms with E-state index in [1.807, 2.05) is 0 Å². The molecule has 0 aromatic rings. The largest absolute Gasteiger partial charge is 0.394 e. The molecule has 7 heavy (non-hydrogen) atoms. The SMILES string of the molecule is I.O=S(=O)(O)O.[Ag]. The van der Waals surface area contributed by atoms with Crippen molar-refractivity contribution in [3.63, 3.8) is 0 Å². The van der Waals surface area contributed by atoms with Gasteiger partial charge in [0.05, 0.1) is 0 Å². The Hall–Kier alpha value is 1.34. The summed E-state index contributed by atoms with van der Waals surface area (Å²) in [4.78, 5) is 0. The molecule has 0 saturated carbocycles. The number of rotatable bonds is 0. The monoisotopic (exact) mass is 333 g/mol. The second-order valence-corrected chi connectivity index (χ2v) is 1.34. The van der Waals surface area contributed by atoms with E-state index >= 15 is 0 Å². The minimum absolute atomic E-state index is 0. The van der Waals surface area contributed by atoms with Gasteiger partial charge in [0.25, 0.3) is 0 Å². The molecule has 2 N–H and O–H groups in total. The standard InChI is InChI=1S/Ag.HI.H2O4S/c;;1-5(2,3)4/h;1H;(H2,1,2,3,4). The van der Waals surface area contributed by atoms with Crippen LogP contribution in [0.3, 0.4) is 0 Å². The zero-order valence-electron chi connectivity index (χ0n) is 2.83. The number of hydrogen-bond donors (Lipinski definition) is 2. The van der Waals surface area contributed by atoms with Gasteiger partial charge in [-0.15, -0.1) is 24.0 Å². The van der Waals surface area contributed by atoms with Crippen molar-refractivity contribution in [3.05, 3.63) is 0 Å². The van der Waals surface area contributed by atoms with Crippen LogP contribution in [0, 0.1) is 0 Å². The van der Waals surface area contributed by atoms with Crippen LogP contribution in [0.4, 0.5) is 0 Å². The van der Waals surface area contributed by atoms with E-state index in [1.165, 1.54) is 0 Å². The Morgan fingerprint density at radius 2 is 1.14 bits per heavy atom. The van der Waals surface area contributed by atoms with Gasteiger partial charge < -0.3 is 0 Å². The Balaban J connectivity index is -0.0000000800. The summed E-state index contributed by atoms with van der Waals surface area (Å²) >= 11 is 0. The molecule has 51 valence electrons. The molecule has 0 spiro atoms. The van der Waals surface area contributed by atoms with Crippen LogP contribution < -0.4 is 0 Å². The Bertz CT molecular complexity index is 94.9. The van der Waals surface area contributed by atoms with Crippen LogP contribution in [0.1, 0.15) is 0 Å². The molecule has 4 nitrogen and oxygen atoms in total. The second-order valence-electron chi connectivity index (χ2n) is 0.448. The summed E-state index contributed by atoms with van der Waals surface area (Å²) in [5, 5.41) is 0. The van der Waals surface area contributed by atoms with Crippen molar-refractivity contribution in [1.29, 1.82) is 0 Å². The Morgan fingerprint density at radius 3 is 1.14 bits per heavy atom. The van der Waals surface area contributed by atoms with Gasteiger partial charge in [-0.05, 0) is 0 Å². The fraction of sp³-hybridized carbons (Fsp3) is 0. The maximum atomic E-state index is 8.74. The van der Waals surface area contributed by atoms with E-state index in [0.717, 1.165) is 0 Å². The summed E-state index contributed by atoms with van der Waals surface area (Å²) < 4.78 is 31.6. The topological polar surface area (TPSA) is 74.6 Å². The zero-order chi connectivity index (χ0) is 4.50. The molecule has 0 aromatic heterocycles. The molecule has 7 heteroatoms. The maximum Gasteiger partial charge on any atom is 0.394 e. The molecule has 0 saturated heterocycles. The Morgan fingerprint density at radius 1 is 1.14 bits per heavy atom. The third-order valence-corrected chi connectivity index (χ3v) is 0. The molecule has 0 aromatic carbocycles. The van der Waals surface area contributed by atoms with E-state index in [-0.39, 0.29) is 46.4 Å². The van der Waals surface area contributed by atoms with Gasteiger partial charge in [0, 0.05) is 22.4 Å². The van der Waals surface area contributed by atoms with Gasteiger partial charge in [0.1, 0.15) is 0 Å². The summed E-state index contributed by atoms with van der Waals surface area (Å²) in [6, 6.07) is 0. The summed E-state index contributed by atoms with van der Waals surface area (Å²) in [6.45, 7) is 0. The van der Waals surface area contributed by atoms with Gasteiger partial charge >= 0.3 is 10.4 Å². The predicted molar refractivity (Wildman–Crippen MR) is 29.6 cm³/mol. The smallest absolute Gasteiger partial charge is 0.264 e. The van der Waals surface area contributed by atoms with E-state index in [4.69, 9.17) is 17.5 Å². The summed E-state index contributed by atoms with van der Waals surface area (Å²) in [5.41, 5.74) is 0. The van der Waals surface area contributed by atoms with Crippen molar-refractivity contribution >= 4 is 34.4 Å². The van der Waals surface area contributed by atoms with Crippen molar-refractivity contribution in [2.24, 2.45) is 0 Å². The van der Waals surface area contributed by atoms with Crippen molar-refractivity contribution in [3.8, 4) is 0 Å². The summed E-state index contributed by atoms with van der Waals surface area (Å²) in [6.07, 6.45) is 0. The minimum Gasteiger partial charge on any atom is -0.264 e.